The molecule has 3 heteroatoms. The Balaban J connectivity index is 2.03. The second-order valence-electron chi connectivity index (χ2n) is 4.37. The lowest BCUT2D eigenvalue weighted by Gasteiger charge is -2.28. The summed E-state index contributed by atoms with van der Waals surface area (Å²) in [5, 5.41) is 0. The van der Waals surface area contributed by atoms with Crippen LogP contribution < -0.4 is 0 Å². The fourth-order valence-corrected chi connectivity index (χ4v) is 2.70. The number of Topliss-reactive ketones (excluding diaryl/α,β-unsaturated/α-hetero) is 1. The molecule has 2 fully saturated rings. The van der Waals surface area contributed by atoms with E-state index in [4.69, 9.17) is 4.74 Å². The molecule has 1 saturated carbocycles. The minimum Gasteiger partial charge on any atom is -0.374 e. The predicted octanol–water partition coefficient (Wildman–Crippen LogP) is 0.542. The van der Waals surface area contributed by atoms with Crippen molar-refractivity contribution in [3.05, 3.63) is 0 Å². The first-order valence-corrected chi connectivity index (χ1v) is 4.94. The van der Waals surface area contributed by atoms with Crippen LogP contribution in [0.25, 0.3) is 0 Å². The maximum absolute atomic E-state index is 11.5. The molecule has 0 radical (unpaired) electrons. The van der Waals surface area contributed by atoms with Crippen LogP contribution in [-0.2, 0) is 9.53 Å². The maximum atomic E-state index is 11.5. The summed E-state index contributed by atoms with van der Waals surface area (Å²) in [7, 11) is 3.77. The van der Waals surface area contributed by atoms with Crippen molar-refractivity contribution >= 4 is 5.78 Å². The average molecular weight is 183 g/mol. The van der Waals surface area contributed by atoms with E-state index in [9.17, 15) is 4.79 Å². The number of carbonyl (C=O) groups is 1. The number of ether oxygens (including phenoxy) is 1. The van der Waals surface area contributed by atoms with Crippen molar-refractivity contribution in [3.8, 4) is 0 Å². The van der Waals surface area contributed by atoms with Gasteiger partial charge in [-0.2, -0.15) is 0 Å². The molecule has 0 N–H and O–H groups in total. The molecule has 74 valence electrons. The lowest BCUT2D eigenvalue weighted by Crippen LogP contribution is -2.36. The third-order valence-electron chi connectivity index (χ3n) is 3.38. The highest BCUT2D eigenvalue weighted by Crippen LogP contribution is 2.34. The Morgan fingerprint density at radius 3 is 2.77 bits per heavy atom. The van der Waals surface area contributed by atoms with E-state index in [-0.39, 0.29) is 6.10 Å². The topological polar surface area (TPSA) is 29.5 Å². The van der Waals surface area contributed by atoms with Crippen molar-refractivity contribution < 1.29 is 9.53 Å². The van der Waals surface area contributed by atoms with Gasteiger partial charge in [-0.15, -0.1) is 0 Å². The average Bonchev–Trinajstić information content (AvgIpc) is 2.42. The number of nitrogens with zero attached hydrogens (tertiary/aromatic N) is 1. The Morgan fingerprint density at radius 2 is 2.08 bits per heavy atom. The van der Waals surface area contributed by atoms with Crippen LogP contribution in [0.2, 0.25) is 0 Å². The molecule has 1 heterocycles. The van der Waals surface area contributed by atoms with E-state index in [1.165, 1.54) is 0 Å². The fourth-order valence-electron chi connectivity index (χ4n) is 2.70. The molecule has 0 aromatic heterocycles. The van der Waals surface area contributed by atoms with E-state index < -0.39 is 0 Å². The zero-order valence-corrected chi connectivity index (χ0v) is 8.32. The number of carbonyl (C=O) groups excluding carboxylic acids is 1. The summed E-state index contributed by atoms with van der Waals surface area (Å²) in [6, 6.07) is 0. The van der Waals surface area contributed by atoms with Gasteiger partial charge in [0.15, 0.2) is 5.78 Å². The van der Waals surface area contributed by atoms with E-state index in [0.29, 0.717) is 17.6 Å². The van der Waals surface area contributed by atoms with E-state index in [1.54, 1.807) is 7.11 Å². The van der Waals surface area contributed by atoms with Gasteiger partial charge in [-0.05, 0) is 25.3 Å². The molecule has 0 amide bonds. The van der Waals surface area contributed by atoms with Gasteiger partial charge >= 0.3 is 0 Å². The standard InChI is InChI=1S/C10H17NO2/c1-11-5-7-3-9(12)10(13-2)4-8(7)6-11/h7-8,10H,3-6H2,1-2H3/t7?,8-,10+/m0/s1. The summed E-state index contributed by atoms with van der Waals surface area (Å²) >= 11 is 0. The summed E-state index contributed by atoms with van der Waals surface area (Å²) in [4.78, 5) is 13.9. The van der Waals surface area contributed by atoms with Crippen molar-refractivity contribution in [2.75, 3.05) is 27.2 Å². The fraction of sp³-hybridized carbons (Fsp3) is 0.900. The summed E-state index contributed by atoms with van der Waals surface area (Å²) in [5.74, 6) is 1.59. The Morgan fingerprint density at radius 1 is 1.38 bits per heavy atom. The number of fused-ring (bicyclic) bond motifs is 1. The van der Waals surface area contributed by atoms with Crippen LogP contribution in [0.4, 0.5) is 0 Å². The first kappa shape index (κ1) is 9.16. The molecule has 2 rings (SSSR count). The molecule has 1 saturated heterocycles. The van der Waals surface area contributed by atoms with Crippen LogP contribution in [-0.4, -0.2) is 44.0 Å². The van der Waals surface area contributed by atoms with Gasteiger partial charge in [0.1, 0.15) is 6.10 Å². The van der Waals surface area contributed by atoms with Crippen molar-refractivity contribution in [3.63, 3.8) is 0 Å². The third kappa shape index (κ3) is 1.63. The van der Waals surface area contributed by atoms with E-state index in [2.05, 4.69) is 11.9 Å². The van der Waals surface area contributed by atoms with Gasteiger partial charge < -0.3 is 9.64 Å². The highest BCUT2D eigenvalue weighted by Gasteiger charge is 2.40. The zero-order valence-electron chi connectivity index (χ0n) is 8.32. The molecule has 0 aromatic carbocycles. The summed E-state index contributed by atoms with van der Waals surface area (Å²) in [5.41, 5.74) is 0. The molecule has 1 aliphatic carbocycles. The van der Waals surface area contributed by atoms with Crippen molar-refractivity contribution in [2.24, 2.45) is 11.8 Å². The second kappa shape index (κ2) is 3.39. The molecule has 1 aliphatic heterocycles. The number of hydrogen-bond donors (Lipinski definition) is 0. The first-order chi connectivity index (χ1) is 6.20. The predicted molar refractivity (Wildman–Crippen MR) is 49.5 cm³/mol. The second-order valence-corrected chi connectivity index (χ2v) is 4.37. The summed E-state index contributed by atoms with van der Waals surface area (Å²) < 4.78 is 5.18. The number of hydrogen-bond acceptors (Lipinski definition) is 3. The van der Waals surface area contributed by atoms with E-state index >= 15 is 0 Å². The Hall–Kier alpha value is -0.410. The number of rotatable bonds is 1. The highest BCUT2D eigenvalue weighted by molar-refractivity contribution is 5.84. The SMILES string of the molecule is CO[C@@H]1C[C@H]2CN(C)CC2CC1=O. The van der Waals surface area contributed by atoms with Crippen LogP contribution in [0.3, 0.4) is 0 Å². The van der Waals surface area contributed by atoms with Gasteiger partial charge in [0.25, 0.3) is 0 Å². The molecular weight excluding hydrogens is 166 g/mol. The van der Waals surface area contributed by atoms with Crippen LogP contribution in [0.15, 0.2) is 0 Å². The molecule has 0 aromatic rings. The maximum Gasteiger partial charge on any atom is 0.161 e. The van der Waals surface area contributed by atoms with Gasteiger partial charge in [0, 0.05) is 26.6 Å². The van der Waals surface area contributed by atoms with Crippen molar-refractivity contribution in [1.29, 1.82) is 0 Å². The molecule has 1 unspecified atom stereocenters. The molecule has 0 bridgehead atoms. The monoisotopic (exact) mass is 183 g/mol. The molecule has 3 nitrogen and oxygen atoms in total. The number of likely N-dealkylation sites (tertiary alicyclic amines) is 1. The lowest BCUT2D eigenvalue weighted by atomic mass is 9.79. The van der Waals surface area contributed by atoms with Crippen LogP contribution in [0.1, 0.15) is 12.8 Å². The smallest absolute Gasteiger partial charge is 0.161 e. The highest BCUT2D eigenvalue weighted by atomic mass is 16.5. The molecule has 13 heavy (non-hydrogen) atoms. The number of ketones is 1. The minimum absolute atomic E-state index is 0.118. The van der Waals surface area contributed by atoms with Crippen LogP contribution in [0.5, 0.6) is 0 Å². The minimum atomic E-state index is -0.118. The van der Waals surface area contributed by atoms with Gasteiger partial charge in [-0.3, -0.25) is 4.79 Å². The largest absolute Gasteiger partial charge is 0.374 e. The quantitative estimate of drug-likeness (QED) is 0.594. The Labute approximate surface area is 79.0 Å². The van der Waals surface area contributed by atoms with Crippen molar-refractivity contribution in [2.45, 2.75) is 18.9 Å². The normalized spacial score (nSPS) is 40.8. The van der Waals surface area contributed by atoms with Gasteiger partial charge in [0.2, 0.25) is 0 Å². The molecular formula is C10H17NO2. The summed E-state index contributed by atoms with van der Waals surface area (Å²) in [6.45, 7) is 2.23. The number of methoxy groups -OCH3 is 1. The van der Waals surface area contributed by atoms with Crippen LogP contribution in [0, 0.1) is 11.8 Å². The molecule has 3 atom stereocenters. The first-order valence-electron chi connectivity index (χ1n) is 4.94. The summed E-state index contributed by atoms with van der Waals surface area (Å²) in [6.07, 6.45) is 1.55. The van der Waals surface area contributed by atoms with Crippen molar-refractivity contribution in [1.82, 2.24) is 4.90 Å². The van der Waals surface area contributed by atoms with E-state index in [0.717, 1.165) is 25.9 Å². The van der Waals surface area contributed by atoms with E-state index in [1.807, 2.05) is 0 Å². The molecule has 2 aliphatic rings. The Kier molecular flexibility index (Phi) is 2.39. The lowest BCUT2D eigenvalue weighted by molar-refractivity contribution is -0.134. The van der Waals surface area contributed by atoms with Gasteiger partial charge in [-0.1, -0.05) is 0 Å². The zero-order chi connectivity index (χ0) is 9.42. The Bertz CT molecular complexity index is 217. The van der Waals surface area contributed by atoms with Gasteiger partial charge in [0.05, 0.1) is 0 Å². The molecule has 0 spiro atoms. The van der Waals surface area contributed by atoms with Gasteiger partial charge in [-0.25, -0.2) is 0 Å². The third-order valence-corrected chi connectivity index (χ3v) is 3.38. The van der Waals surface area contributed by atoms with Crippen LogP contribution >= 0.6 is 0 Å².